The van der Waals surface area contributed by atoms with Gasteiger partial charge in [0.25, 0.3) is 0 Å². The number of aliphatic hydroxyl groups excluding tert-OH is 2. The highest BCUT2D eigenvalue weighted by atomic mass is 16.3. The third-order valence-electron chi connectivity index (χ3n) is 3.93. The molecule has 70 valence electrons. The van der Waals surface area contributed by atoms with E-state index in [0.29, 0.717) is 11.3 Å². The number of hydrogen-bond acceptors (Lipinski definition) is 2. The highest BCUT2D eigenvalue weighted by molar-refractivity contribution is 4.96. The number of aliphatic hydroxyl groups is 2. The van der Waals surface area contributed by atoms with Gasteiger partial charge >= 0.3 is 0 Å². The van der Waals surface area contributed by atoms with Gasteiger partial charge in [0, 0.05) is 0 Å². The van der Waals surface area contributed by atoms with Gasteiger partial charge in [0.15, 0.2) is 0 Å². The van der Waals surface area contributed by atoms with Gasteiger partial charge in [-0.1, -0.05) is 13.3 Å². The Bertz CT molecular complexity index is 181. The second-order valence-electron chi connectivity index (χ2n) is 4.82. The lowest BCUT2D eigenvalue weighted by molar-refractivity contribution is -0.0689. The van der Waals surface area contributed by atoms with Crippen molar-refractivity contribution in [3.05, 3.63) is 0 Å². The first kappa shape index (κ1) is 8.52. The van der Waals surface area contributed by atoms with Crippen molar-refractivity contribution in [1.29, 1.82) is 0 Å². The van der Waals surface area contributed by atoms with Crippen LogP contribution < -0.4 is 0 Å². The van der Waals surface area contributed by atoms with Crippen LogP contribution in [0.15, 0.2) is 0 Å². The molecule has 0 bridgehead atoms. The first-order chi connectivity index (χ1) is 5.62. The summed E-state index contributed by atoms with van der Waals surface area (Å²) in [5, 5.41) is 19.0. The van der Waals surface area contributed by atoms with Gasteiger partial charge in [-0.25, -0.2) is 0 Å². The van der Waals surface area contributed by atoms with Gasteiger partial charge in [-0.15, -0.1) is 0 Å². The molecule has 2 nitrogen and oxygen atoms in total. The van der Waals surface area contributed by atoms with Gasteiger partial charge in [-0.2, -0.15) is 0 Å². The van der Waals surface area contributed by atoms with Gasteiger partial charge < -0.3 is 10.2 Å². The van der Waals surface area contributed by atoms with E-state index in [9.17, 15) is 10.2 Å². The Balaban J connectivity index is 2.12. The van der Waals surface area contributed by atoms with Crippen molar-refractivity contribution in [2.75, 3.05) is 0 Å². The molecule has 0 aliphatic heterocycles. The Kier molecular flexibility index (Phi) is 1.92. The van der Waals surface area contributed by atoms with Gasteiger partial charge in [0.1, 0.15) is 0 Å². The highest BCUT2D eigenvalue weighted by Gasteiger charge is 2.46. The first-order valence-electron chi connectivity index (χ1n) is 4.98. The molecule has 2 saturated carbocycles. The van der Waals surface area contributed by atoms with Gasteiger partial charge in [-0.05, 0) is 37.0 Å². The summed E-state index contributed by atoms with van der Waals surface area (Å²) >= 11 is 0. The van der Waals surface area contributed by atoms with Crippen LogP contribution in [0.2, 0.25) is 0 Å². The van der Waals surface area contributed by atoms with E-state index in [-0.39, 0.29) is 0 Å². The van der Waals surface area contributed by atoms with Crippen LogP contribution in [0.5, 0.6) is 0 Å². The summed E-state index contributed by atoms with van der Waals surface area (Å²) in [4.78, 5) is 0. The maximum atomic E-state index is 9.54. The Morgan fingerprint density at radius 2 is 2.00 bits per heavy atom. The van der Waals surface area contributed by atoms with Crippen LogP contribution in [-0.2, 0) is 0 Å². The van der Waals surface area contributed by atoms with E-state index >= 15 is 0 Å². The highest BCUT2D eigenvalue weighted by Crippen LogP contribution is 2.51. The molecule has 0 aromatic rings. The zero-order valence-electron chi connectivity index (χ0n) is 7.66. The monoisotopic (exact) mass is 170 g/mol. The van der Waals surface area contributed by atoms with Crippen molar-refractivity contribution < 1.29 is 10.2 Å². The Labute approximate surface area is 73.6 Å². The second-order valence-corrected chi connectivity index (χ2v) is 4.82. The van der Waals surface area contributed by atoms with Crippen LogP contribution >= 0.6 is 0 Å². The molecule has 0 aromatic carbocycles. The molecule has 4 atom stereocenters. The summed E-state index contributed by atoms with van der Waals surface area (Å²) < 4.78 is 0. The molecule has 0 radical (unpaired) electrons. The third-order valence-corrected chi connectivity index (χ3v) is 3.93. The van der Waals surface area contributed by atoms with Gasteiger partial charge in [-0.3, -0.25) is 0 Å². The fraction of sp³-hybridized carbons (Fsp3) is 1.00. The minimum atomic E-state index is -0.468. The average molecular weight is 170 g/mol. The molecule has 4 unspecified atom stereocenters. The third kappa shape index (κ3) is 1.17. The van der Waals surface area contributed by atoms with Crippen LogP contribution in [0.25, 0.3) is 0 Å². The summed E-state index contributed by atoms with van der Waals surface area (Å²) in [7, 11) is 0. The van der Waals surface area contributed by atoms with Crippen LogP contribution in [0, 0.1) is 11.3 Å². The maximum Gasteiger partial charge on any atom is 0.0804 e. The first-order valence-corrected chi connectivity index (χ1v) is 4.98. The van der Waals surface area contributed by atoms with E-state index in [1.165, 1.54) is 19.3 Å². The lowest BCUT2D eigenvalue weighted by atomic mass is 9.68. The SMILES string of the molecule is CC12CCCC1CC(O)C(O)C2. The predicted octanol–water partition coefficient (Wildman–Crippen LogP) is 1.31. The Morgan fingerprint density at radius 3 is 2.75 bits per heavy atom. The number of fused-ring (bicyclic) bond motifs is 1. The zero-order valence-corrected chi connectivity index (χ0v) is 7.66. The molecular weight excluding hydrogens is 152 g/mol. The van der Waals surface area contributed by atoms with Crippen molar-refractivity contribution >= 4 is 0 Å². The molecule has 0 aromatic heterocycles. The largest absolute Gasteiger partial charge is 0.390 e. The number of rotatable bonds is 0. The Morgan fingerprint density at radius 1 is 1.25 bits per heavy atom. The van der Waals surface area contributed by atoms with Crippen molar-refractivity contribution in [3.8, 4) is 0 Å². The lowest BCUT2D eigenvalue weighted by Gasteiger charge is -2.41. The van der Waals surface area contributed by atoms with E-state index in [0.717, 1.165) is 12.8 Å². The van der Waals surface area contributed by atoms with Crippen LogP contribution in [0.3, 0.4) is 0 Å². The lowest BCUT2D eigenvalue weighted by Crippen LogP contribution is -2.42. The fourth-order valence-corrected chi connectivity index (χ4v) is 3.04. The molecule has 0 saturated heterocycles. The summed E-state index contributed by atoms with van der Waals surface area (Å²) in [6, 6.07) is 0. The summed E-state index contributed by atoms with van der Waals surface area (Å²) in [5.74, 6) is 0.663. The van der Waals surface area contributed by atoms with Crippen molar-refractivity contribution in [1.82, 2.24) is 0 Å². The zero-order chi connectivity index (χ0) is 8.77. The van der Waals surface area contributed by atoms with Gasteiger partial charge in [0.05, 0.1) is 12.2 Å². The predicted molar refractivity (Wildman–Crippen MR) is 46.7 cm³/mol. The second kappa shape index (κ2) is 2.71. The minimum Gasteiger partial charge on any atom is -0.390 e. The molecule has 2 rings (SSSR count). The van der Waals surface area contributed by atoms with E-state index in [2.05, 4.69) is 6.92 Å². The van der Waals surface area contributed by atoms with Crippen molar-refractivity contribution in [2.24, 2.45) is 11.3 Å². The molecule has 0 spiro atoms. The molecule has 2 aliphatic rings. The van der Waals surface area contributed by atoms with E-state index in [1.807, 2.05) is 0 Å². The smallest absolute Gasteiger partial charge is 0.0804 e. The number of hydrogen-bond donors (Lipinski definition) is 2. The van der Waals surface area contributed by atoms with Crippen LogP contribution in [-0.4, -0.2) is 22.4 Å². The summed E-state index contributed by atoms with van der Waals surface area (Å²) in [5.41, 5.74) is 0.332. The molecule has 2 aliphatic carbocycles. The summed E-state index contributed by atoms with van der Waals surface area (Å²) in [6.07, 6.45) is 4.46. The molecule has 0 heterocycles. The molecule has 2 fully saturated rings. The molecule has 0 amide bonds. The quantitative estimate of drug-likeness (QED) is 0.575. The van der Waals surface area contributed by atoms with Gasteiger partial charge in [0.2, 0.25) is 0 Å². The van der Waals surface area contributed by atoms with Crippen molar-refractivity contribution in [2.45, 2.75) is 51.2 Å². The summed E-state index contributed by atoms with van der Waals surface area (Å²) in [6.45, 7) is 2.26. The molecule has 12 heavy (non-hydrogen) atoms. The molecule has 2 N–H and O–H groups in total. The Hall–Kier alpha value is -0.0800. The van der Waals surface area contributed by atoms with E-state index < -0.39 is 12.2 Å². The standard InChI is InChI=1S/C10H18O2/c1-10-4-2-3-7(10)5-8(11)9(12)6-10/h7-9,11-12H,2-6H2,1H3. The van der Waals surface area contributed by atoms with E-state index in [1.54, 1.807) is 0 Å². The molecule has 2 heteroatoms. The fourth-order valence-electron chi connectivity index (χ4n) is 3.04. The topological polar surface area (TPSA) is 40.5 Å². The van der Waals surface area contributed by atoms with E-state index in [4.69, 9.17) is 0 Å². The van der Waals surface area contributed by atoms with Crippen molar-refractivity contribution in [3.63, 3.8) is 0 Å². The molecular formula is C10H18O2. The normalized spacial score (nSPS) is 53.8. The maximum absolute atomic E-state index is 9.54. The van der Waals surface area contributed by atoms with Crippen LogP contribution in [0.4, 0.5) is 0 Å². The average Bonchev–Trinajstić information content (AvgIpc) is 2.32. The van der Waals surface area contributed by atoms with Crippen LogP contribution in [0.1, 0.15) is 39.0 Å². The minimum absolute atomic E-state index is 0.332.